The van der Waals surface area contributed by atoms with Crippen LogP contribution < -0.4 is 4.90 Å². The van der Waals surface area contributed by atoms with Gasteiger partial charge in [-0.3, -0.25) is 14.5 Å². The van der Waals surface area contributed by atoms with E-state index in [1.807, 2.05) is 29.4 Å². The van der Waals surface area contributed by atoms with E-state index in [0.29, 0.717) is 12.8 Å². The Bertz CT molecular complexity index is 945. The van der Waals surface area contributed by atoms with Crippen molar-refractivity contribution in [2.24, 2.45) is 0 Å². The van der Waals surface area contributed by atoms with E-state index in [4.69, 9.17) is 0 Å². The van der Waals surface area contributed by atoms with Gasteiger partial charge in [-0.25, -0.2) is 0 Å². The van der Waals surface area contributed by atoms with Crippen LogP contribution >= 0.6 is 11.8 Å². The number of allylic oxidation sites excluding steroid dienone is 2. The predicted molar refractivity (Wildman–Crippen MR) is 115 cm³/mol. The van der Waals surface area contributed by atoms with Crippen LogP contribution in [0.25, 0.3) is 0 Å². The van der Waals surface area contributed by atoms with Crippen molar-refractivity contribution < 1.29 is 9.59 Å². The number of rotatable bonds is 4. The first-order chi connectivity index (χ1) is 13.6. The summed E-state index contributed by atoms with van der Waals surface area (Å²) in [7, 11) is 0. The number of nitrogens with zero attached hydrogens (tertiary/aromatic N) is 1. The summed E-state index contributed by atoms with van der Waals surface area (Å²) >= 11 is 1.70. The van der Waals surface area contributed by atoms with Crippen LogP contribution in [0, 0.1) is 0 Å². The normalized spacial score (nSPS) is 19.8. The largest absolute Gasteiger partial charge is 0.294 e. The van der Waals surface area contributed by atoms with Gasteiger partial charge in [-0.2, -0.15) is 0 Å². The van der Waals surface area contributed by atoms with Gasteiger partial charge in [-0.15, -0.1) is 11.8 Å². The number of hydrogen-bond donors (Lipinski definition) is 0. The summed E-state index contributed by atoms with van der Waals surface area (Å²) in [5.74, 6) is 0.163. The van der Waals surface area contributed by atoms with E-state index >= 15 is 0 Å². The molecule has 3 nitrogen and oxygen atoms in total. The molecule has 0 bridgehead atoms. The van der Waals surface area contributed by atoms with Crippen molar-refractivity contribution in [2.75, 3.05) is 11.2 Å². The lowest BCUT2D eigenvalue weighted by Crippen LogP contribution is -2.41. The summed E-state index contributed by atoms with van der Waals surface area (Å²) in [6.45, 7) is 2.10. The van der Waals surface area contributed by atoms with Crippen molar-refractivity contribution in [2.45, 2.75) is 49.8 Å². The molecule has 0 spiro atoms. The summed E-state index contributed by atoms with van der Waals surface area (Å²) < 4.78 is 0. The fraction of sp³-hybridized carbons (Fsp3) is 0.333. The van der Waals surface area contributed by atoms with Crippen LogP contribution in [-0.2, 0) is 16.0 Å². The maximum absolute atomic E-state index is 13.3. The monoisotopic (exact) mass is 391 g/mol. The van der Waals surface area contributed by atoms with E-state index in [9.17, 15) is 9.59 Å². The minimum absolute atomic E-state index is 0.0910. The first-order valence-electron chi connectivity index (χ1n) is 9.95. The second kappa shape index (κ2) is 7.96. The zero-order valence-corrected chi connectivity index (χ0v) is 17.2. The molecule has 4 rings (SSSR count). The van der Waals surface area contributed by atoms with Gasteiger partial charge in [-0.05, 0) is 54.8 Å². The quantitative estimate of drug-likeness (QED) is 0.646. The lowest BCUT2D eigenvalue weighted by atomic mass is 9.77. The number of carbonyl (C=O) groups is 2. The first kappa shape index (κ1) is 19.0. The Labute approximate surface area is 170 Å². The lowest BCUT2D eigenvalue weighted by Gasteiger charge is -2.39. The van der Waals surface area contributed by atoms with Crippen molar-refractivity contribution in [1.82, 2.24) is 0 Å². The number of amides is 1. The van der Waals surface area contributed by atoms with Gasteiger partial charge in [0.1, 0.15) is 0 Å². The number of aryl methyl sites for hydroxylation is 1. The highest BCUT2D eigenvalue weighted by Crippen LogP contribution is 2.44. The molecule has 28 heavy (non-hydrogen) atoms. The van der Waals surface area contributed by atoms with E-state index in [2.05, 4.69) is 37.3 Å². The van der Waals surface area contributed by atoms with Crippen molar-refractivity contribution >= 4 is 29.1 Å². The van der Waals surface area contributed by atoms with E-state index in [-0.39, 0.29) is 17.6 Å². The van der Waals surface area contributed by atoms with E-state index in [0.717, 1.165) is 47.3 Å². The van der Waals surface area contributed by atoms with Gasteiger partial charge in [0.15, 0.2) is 5.78 Å². The smallest absolute Gasteiger partial charge is 0.232 e. The van der Waals surface area contributed by atoms with Crippen molar-refractivity contribution in [3.63, 3.8) is 0 Å². The molecule has 0 saturated heterocycles. The molecule has 0 aromatic heterocycles. The van der Waals surface area contributed by atoms with Gasteiger partial charge in [0.05, 0.1) is 5.69 Å². The summed E-state index contributed by atoms with van der Waals surface area (Å²) in [5, 5.41) is 0. The average Bonchev–Trinajstić information content (AvgIpc) is 2.73. The Morgan fingerprint density at radius 1 is 1.04 bits per heavy atom. The molecular formula is C24H25NO2S. The molecule has 2 aromatic carbocycles. The minimum Gasteiger partial charge on any atom is -0.294 e. The number of Topliss-reactive ketones (excluding diaryl/α,β-unsaturated/α-hetero) is 1. The third-order valence-corrected chi connectivity index (χ3v) is 6.55. The number of ketones is 1. The molecule has 2 aliphatic rings. The van der Waals surface area contributed by atoms with Crippen LogP contribution in [0.15, 0.2) is 64.7 Å². The first-order valence-corrected chi connectivity index (χ1v) is 11.2. The molecule has 0 radical (unpaired) electrons. The van der Waals surface area contributed by atoms with Gasteiger partial charge < -0.3 is 0 Å². The Morgan fingerprint density at radius 2 is 1.79 bits per heavy atom. The number of benzene rings is 2. The Hall–Kier alpha value is -2.33. The van der Waals surface area contributed by atoms with Crippen molar-refractivity contribution in [3.8, 4) is 0 Å². The SMILES string of the molecule is CCc1ccccc1N1C(=O)CC(c2ccc(SC)cc2)C2=C1CCCC2=O. The highest BCUT2D eigenvalue weighted by atomic mass is 32.2. The summed E-state index contributed by atoms with van der Waals surface area (Å²) in [5.41, 5.74) is 4.93. The second-order valence-electron chi connectivity index (χ2n) is 7.38. The standard InChI is InChI=1S/C24H25NO2S/c1-3-16-7-4-5-8-20(16)25-21-9-6-10-22(26)24(21)19(15-23(25)27)17-11-13-18(28-2)14-12-17/h4-5,7-8,11-14,19H,3,6,9-10,15H2,1-2H3. The number of hydrogen-bond acceptors (Lipinski definition) is 3. The van der Waals surface area contributed by atoms with Gasteiger partial charge in [0.25, 0.3) is 0 Å². The maximum Gasteiger partial charge on any atom is 0.232 e. The van der Waals surface area contributed by atoms with Gasteiger partial charge >= 0.3 is 0 Å². The molecule has 1 amide bonds. The van der Waals surface area contributed by atoms with E-state index < -0.39 is 0 Å². The number of carbonyl (C=O) groups excluding carboxylic acids is 2. The fourth-order valence-electron chi connectivity index (χ4n) is 4.42. The van der Waals surface area contributed by atoms with Crippen LogP contribution in [0.2, 0.25) is 0 Å². The maximum atomic E-state index is 13.3. The molecule has 0 N–H and O–H groups in total. The summed E-state index contributed by atoms with van der Waals surface area (Å²) in [4.78, 5) is 29.3. The Morgan fingerprint density at radius 3 is 2.50 bits per heavy atom. The van der Waals surface area contributed by atoms with Crippen molar-refractivity contribution in [3.05, 3.63) is 70.9 Å². The zero-order valence-electron chi connectivity index (χ0n) is 16.4. The summed E-state index contributed by atoms with van der Waals surface area (Å²) in [6, 6.07) is 16.4. The van der Waals surface area contributed by atoms with Crippen LogP contribution in [0.1, 0.15) is 49.7 Å². The molecule has 1 aliphatic heterocycles. The molecule has 1 aliphatic carbocycles. The molecule has 1 atom stereocenters. The highest BCUT2D eigenvalue weighted by Gasteiger charge is 2.40. The minimum atomic E-state index is -0.128. The molecule has 1 heterocycles. The molecule has 1 unspecified atom stereocenters. The highest BCUT2D eigenvalue weighted by molar-refractivity contribution is 7.98. The van der Waals surface area contributed by atoms with Crippen LogP contribution in [0.5, 0.6) is 0 Å². The number of anilines is 1. The van der Waals surface area contributed by atoms with Crippen LogP contribution in [-0.4, -0.2) is 17.9 Å². The molecule has 4 heteroatoms. The molecular weight excluding hydrogens is 366 g/mol. The third kappa shape index (κ3) is 3.30. The van der Waals surface area contributed by atoms with Crippen molar-refractivity contribution in [1.29, 1.82) is 0 Å². The number of thioether (sulfide) groups is 1. The Balaban J connectivity index is 1.84. The second-order valence-corrected chi connectivity index (χ2v) is 8.26. The third-order valence-electron chi connectivity index (χ3n) is 5.81. The van der Waals surface area contributed by atoms with Crippen LogP contribution in [0.3, 0.4) is 0 Å². The fourth-order valence-corrected chi connectivity index (χ4v) is 4.83. The Kier molecular flexibility index (Phi) is 5.40. The topological polar surface area (TPSA) is 37.4 Å². The zero-order chi connectivity index (χ0) is 19.7. The van der Waals surface area contributed by atoms with Gasteiger partial charge in [0.2, 0.25) is 5.91 Å². The predicted octanol–water partition coefficient (Wildman–Crippen LogP) is 5.50. The van der Waals surface area contributed by atoms with Gasteiger partial charge in [0, 0.05) is 34.9 Å². The molecule has 0 fully saturated rings. The molecule has 144 valence electrons. The van der Waals surface area contributed by atoms with E-state index in [1.165, 1.54) is 4.90 Å². The van der Waals surface area contributed by atoms with Crippen LogP contribution in [0.4, 0.5) is 5.69 Å². The lowest BCUT2D eigenvalue weighted by molar-refractivity contribution is -0.119. The number of para-hydroxylation sites is 1. The summed E-state index contributed by atoms with van der Waals surface area (Å²) in [6.07, 6.45) is 5.43. The molecule has 2 aromatic rings. The van der Waals surface area contributed by atoms with E-state index in [1.54, 1.807) is 11.8 Å². The average molecular weight is 392 g/mol. The van der Waals surface area contributed by atoms with Gasteiger partial charge in [-0.1, -0.05) is 37.3 Å². The molecule has 0 saturated carbocycles.